The molecule has 2 aromatic rings. The lowest BCUT2D eigenvalue weighted by Crippen LogP contribution is -2.62. The number of carbonyl (C=O) groups is 2. The second-order valence-electron chi connectivity index (χ2n) is 7.13. The van der Waals surface area contributed by atoms with E-state index in [1.54, 1.807) is 31.4 Å². The van der Waals surface area contributed by atoms with Gasteiger partial charge >= 0.3 is 0 Å². The largest absolute Gasteiger partial charge is 0.497 e. The minimum atomic E-state index is -4.09. The van der Waals surface area contributed by atoms with Crippen LogP contribution in [0, 0.1) is 5.82 Å². The van der Waals surface area contributed by atoms with Crippen molar-refractivity contribution in [3.63, 3.8) is 0 Å². The number of likely N-dealkylation sites (N-methyl/N-ethyl adjacent to an activating group) is 1. The zero-order valence-corrected chi connectivity index (χ0v) is 18.8. The number of methoxy groups -OCH3 is 1. The molecular formula is C20H22ClFN4O5S. The standard InChI is InChI=1S/C20H22ClFN4O5S/c1-26-18(20(28)24-13-5-8-16(22)15(21)9-13)10-17(25-32(26,29)30)19(27)23-11-12-3-6-14(31-2)7-4-12/h3-9,17-18,25H,10-11H2,1-2H3,(H,23,27)(H,24,28). The van der Waals surface area contributed by atoms with Crippen molar-refractivity contribution in [1.82, 2.24) is 14.3 Å². The summed E-state index contributed by atoms with van der Waals surface area (Å²) in [7, 11) is -1.32. The van der Waals surface area contributed by atoms with Crippen LogP contribution in [0.25, 0.3) is 0 Å². The Morgan fingerprint density at radius 1 is 1.22 bits per heavy atom. The number of halogens is 2. The topological polar surface area (TPSA) is 117 Å². The Morgan fingerprint density at radius 3 is 2.53 bits per heavy atom. The lowest BCUT2D eigenvalue weighted by molar-refractivity contribution is -0.124. The maximum atomic E-state index is 13.3. The van der Waals surface area contributed by atoms with Crippen molar-refractivity contribution in [1.29, 1.82) is 0 Å². The number of amides is 2. The van der Waals surface area contributed by atoms with Crippen LogP contribution in [0.4, 0.5) is 10.1 Å². The summed E-state index contributed by atoms with van der Waals surface area (Å²) in [5.74, 6) is -1.23. The van der Waals surface area contributed by atoms with Gasteiger partial charge in [-0.2, -0.15) is 17.4 Å². The molecule has 2 unspecified atom stereocenters. The molecule has 2 aromatic carbocycles. The molecule has 0 saturated carbocycles. The monoisotopic (exact) mass is 484 g/mol. The van der Waals surface area contributed by atoms with E-state index in [0.717, 1.165) is 15.9 Å². The third-order valence-corrected chi connectivity index (χ3v) is 6.89. The number of nitrogens with one attached hydrogen (secondary N) is 3. The molecule has 32 heavy (non-hydrogen) atoms. The Kier molecular flexibility index (Phi) is 7.34. The molecule has 0 bridgehead atoms. The van der Waals surface area contributed by atoms with Crippen molar-refractivity contribution in [2.24, 2.45) is 0 Å². The van der Waals surface area contributed by atoms with Crippen LogP contribution in [0.3, 0.4) is 0 Å². The minimum absolute atomic E-state index is 0.106. The molecule has 1 fully saturated rings. The average molecular weight is 485 g/mol. The summed E-state index contributed by atoms with van der Waals surface area (Å²) in [6, 6.07) is 8.28. The van der Waals surface area contributed by atoms with Gasteiger partial charge in [0.25, 0.3) is 10.2 Å². The zero-order chi connectivity index (χ0) is 23.5. The first-order chi connectivity index (χ1) is 15.1. The molecule has 9 nitrogen and oxygen atoms in total. The molecule has 2 amide bonds. The van der Waals surface area contributed by atoms with Crippen molar-refractivity contribution in [2.45, 2.75) is 25.0 Å². The third-order valence-electron chi connectivity index (χ3n) is 5.00. The molecule has 0 aromatic heterocycles. The van der Waals surface area contributed by atoms with E-state index in [1.165, 1.54) is 19.2 Å². The maximum Gasteiger partial charge on any atom is 0.280 e. The smallest absolute Gasteiger partial charge is 0.280 e. The molecule has 1 saturated heterocycles. The Balaban J connectivity index is 1.68. The number of ether oxygens (including phenoxy) is 1. The van der Waals surface area contributed by atoms with Crippen LogP contribution < -0.4 is 20.1 Å². The van der Waals surface area contributed by atoms with Gasteiger partial charge in [-0.3, -0.25) is 9.59 Å². The second-order valence-corrected chi connectivity index (χ2v) is 9.30. The highest BCUT2D eigenvalue weighted by molar-refractivity contribution is 7.87. The first-order valence-electron chi connectivity index (χ1n) is 9.52. The van der Waals surface area contributed by atoms with Gasteiger partial charge in [0.2, 0.25) is 11.8 Å². The van der Waals surface area contributed by atoms with Gasteiger partial charge < -0.3 is 15.4 Å². The van der Waals surface area contributed by atoms with Crippen LogP contribution in [0.15, 0.2) is 42.5 Å². The highest BCUT2D eigenvalue weighted by Gasteiger charge is 2.42. The molecule has 0 radical (unpaired) electrons. The number of carbonyl (C=O) groups excluding carboxylic acids is 2. The predicted octanol–water partition coefficient (Wildman–Crippen LogP) is 1.65. The van der Waals surface area contributed by atoms with Crippen molar-refractivity contribution in [3.05, 3.63) is 58.9 Å². The van der Waals surface area contributed by atoms with E-state index >= 15 is 0 Å². The van der Waals surface area contributed by atoms with E-state index < -0.39 is 39.9 Å². The van der Waals surface area contributed by atoms with Crippen LogP contribution >= 0.6 is 11.6 Å². The highest BCUT2D eigenvalue weighted by Crippen LogP contribution is 2.22. The Labute approximate surface area is 190 Å². The van der Waals surface area contributed by atoms with Crippen LogP contribution in [0.5, 0.6) is 5.75 Å². The van der Waals surface area contributed by atoms with E-state index in [0.29, 0.717) is 5.75 Å². The molecular weight excluding hydrogens is 463 g/mol. The predicted molar refractivity (Wildman–Crippen MR) is 117 cm³/mol. The summed E-state index contributed by atoms with van der Waals surface area (Å²) in [6.45, 7) is 0.168. The minimum Gasteiger partial charge on any atom is -0.497 e. The first kappa shape index (κ1) is 23.9. The van der Waals surface area contributed by atoms with Gasteiger partial charge in [-0.25, -0.2) is 4.39 Å². The molecule has 0 aliphatic carbocycles. The van der Waals surface area contributed by atoms with Gasteiger partial charge in [0, 0.05) is 19.3 Å². The van der Waals surface area contributed by atoms with Crippen LogP contribution in [-0.4, -0.2) is 50.8 Å². The quantitative estimate of drug-likeness (QED) is 0.576. The molecule has 1 aliphatic heterocycles. The summed E-state index contributed by atoms with van der Waals surface area (Å²) >= 11 is 5.72. The van der Waals surface area contributed by atoms with Crippen molar-refractivity contribution in [3.8, 4) is 5.75 Å². The number of hydrogen-bond acceptors (Lipinski definition) is 5. The normalized spacial score (nSPS) is 20.4. The fraction of sp³-hybridized carbons (Fsp3) is 0.300. The fourth-order valence-electron chi connectivity index (χ4n) is 3.14. The van der Waals surface area contributed by atoms with Crippen molar-refractivity contribution in [2.75, 3.05) is 19.5 Å². The summed E-state index contributed by atoms with van der Waals surface area (Å²) in [4.78, 5) is 25.4. The lowest BCUT2D eigenvalue weighted by Gasteiger charge is -2.35. The molecule has 0 spiro atoms. The molecule has 1 heterocycles. The van der Waals surface area contributed by atoms with Crippen LogP contribution in [-0.2, 0) is 26.3 Å². The molecule has 12 heteroatoms. The fourth-order valence-corrected chi connectivity index (χ4v) is 4.56. The number of benzene rings is 2. The van der Waals surface area contributed by atoms with Crippen molar-refractivity contribution >= 4 is 39.3 Å². The van der Waals surface area contributed by atoms with E-state index in [1.807, 2.05) is 0 Å². The molecule has 1 aliphatic rings. The molecule has 3 N–H and O–H groups in total. The van der Waals surface area contributed by atoms with Gasteiger partial charge in [0.05, 0.1) is 12.1 Å². The second kappa shape index (κ2) is 9.82. The van der Waals surface area contributed by atoms with E-state index in [9.17, 15) is 22.4 Å². The maximum absolute atomic E-state index is 13.3. The summed E-state index contributed by atoms with van der Waals surface area (Å²) in [5.41, 5.74) is 0.989. The van der Waals surface area contributed by atoms with E-state index in [4.69, 9.17) is 16.3 Å². The summed E-state index contributed by atoms with van der Waals surface area (Å²) < 4.78 is 46.5. The van der Waals surface area contributed by atoms with E-state index in [-0.39, 0.29) is 23.7 Å². The highest BCUT2D eigenvalue weighted by atomic mass is 35.5. The third kappa shape index (κ3) is 5.54. The van der Waals surface area contributed by atoms with Gasteiger partial charge in [-0.05, 0) is 42.3 Å². The van der Waals surface area contributed by atoms with Crippen LogP contribution in [0.1, 0.15) is 12.0 Å². The SMILES string of the molecule is COc1ccc(CNC(=O)C2CC(C(=O)Nc3ccc(F)c(Cl)c3)N(C)S(=O)(=O)N2)cc1. The lowest BCUT2D eigenvalue weighted by atomic mass is 10.1. The number of hydrogen-bond donors (Lipinski definition) is 3. The Bertz CT molecular complexity index is 1110. The summed E-state index contributed by atoms with van der Waals surface area (Å²) in [6.07, 6.45) is -0.106. The Hall–Kier alpha value is -2.73. The Morgan fingerprint density at radius 2 is 1.91 bits per heavy atom. The zero-order valence-electron chi connectivity index (χ0n) is 17.3. The molecule has 3 rings (SSSR count). The summed E-state index contributed by atoms with van der Waals surface area (Å²) in [5, 5.41) is 4.98. The van der Waals surface area contributed by atoms with E-state index in [2.05, 4.69) is 15.4 Å². The van der Waals surface area contributed by atoms with Gasteiger partial charge in [0.15, 0.2) is 0 Å². The number of rotatable bonds is 6. The van der Waals surface area contributed by atoms with Gasteiger partial charge in [0.1, 0.15) is 23.7 Å². The number of nitrogens with zero attached hydrogens (tertiary/aromatic N) is 1. The first-order valence-corrected chi connectivity index (χ1v) is 11.3. The van der Waals surface area contributed by atoms with Crippen molar-refractivity contribution < 1.29 is 27.1 Å². The molecule has 172 valence electrons. The molecule has 2 atom stereocenters. The van der Waals surface area contributed by atoms with Gasteiger partial charge in [-0.15, -0.1) is 0 Å². The number of anilines is 1. The average Bonchev–Trinajstić information content (AvgIpc) is 2.76. The van der Waals surface area contributed by atoms with Gasteiger partial charge in [-0.1, -0.05) is 23.7 Å². The van der Waals surface area contributed by atoms with Crippen LogP contribution in [0.2, 0.25) is 5.02 Å².